The van der Waals surface area contributed by atoms with Gasteiger partial charge in [0.05, 0.1) is 16.2 Å². The van der Waals surface area contributed by atoms with E-state index in [0.717, 1.165) is 6.07 Å². The summed E-state index contributed by atoms with van der Waals surface area (Å²) in [6, 6.07) is 5.55. The van der Waals surface area contributed by atoms with Crippen molar-refractivity contribution >= 4 is 17.3 Å². The molecule has 0 spiro atoms. The predicted octanol–water partition coefficient (Wildman–Crippen LogP) is 1.01. The number of carbonyl (C=O) groups excluding carboxylic acids is 1. The molecule has 1 rings (SSSR count). The van der Waals surface area contributed by atoms with Crippen LogP contribution in [-0.2, 0) is 4.79 Å². The van der Waals surface area contributed by atoms with Crippen molar-refractivity contribution in [1.29, 1.82) is 5.26 Å². The number of hydrogen-bond donors (Lipinski definition) is 2. The zero-order valence-corrected chi connectivity index (χ0v) is 9.77. The number of benzene rings is 1. The molecule has 0 radical (unpaired) electrons. The van der Waals surface area contributed by atoms with E-state index in [1.54, 1.807) is 7.05 Å². The Morgan fingerprint density at radius 1 is 1.56 bits per heavy atom. The van der Waals surface area contributed by atoms with Gasteiger partial charge in [0.25, 0.3) is 5.69 Å². The van der Waals surface area contributed by atoms with E-state index in [9.17, 15) is 14.9 Å². The number of hydrogen-bond acceptors (Lipinski definition) is 5. The average molecular weight is 248 g/mol. The van der Waals surface area contributed by atoms with Crippen molar-refractivity contribution in [1.82, 2.24) is 5.32 Å². The summed E-state index contributed by atoms with van der Waals surface area (Å²) < 4.78 is 0. The number of amides is 1. The van der Waals surface area contributed by atoms with Crippen LogP contribution in [0.1, 0.15) is 12.0 Å². The van der Waals surface area contributed by atoms with Crippen LogP contribution in [0.2, 0.25) is 0 Å². The highest BCUT2D eigenvalue weighted by Gasteiger charge is 2.12. The number of non-ortho nitro benzene ring substituents is 1. The number of rotatable bonds is 5. The minimum absolute atomic E-state index is 0.0713. The van der Waals surface area contributed by atoms with Crippen molar-refractivity contribution in [3.8, 4) is 6.07 Å². The molecule has 0 heterocycles. The largest absolute Gasteiger partial charge is 0.325 e. The number of nitrogens with one attached hydrogen (secondary N) is 2. The molecule has 0 saturated heterocycles. The topological polar surface area (TPSA) is 108 Å². The van der Waals surface area contributed by atoms with Crippen molar-refractivity contribution in [2.75, 3.05) is 18.9 Å². The standard InChI is InChI=1S/C11H12N4O3/c1-13-5-4-11(16)14-10-3-2-9(15(17)18)6-8(10)7-12/h2-3,6,13H,4-5H2,1H3,(H,14,16). The minimum Gasteiger partial charge on any atom is -0.325 e. The third-order valence-electron chi connectivity index (χ3n) is 2.21. The second-order valence-electron chi connectivity index (χ2n) is 3.50. The quantitative estimate of drug-likeness (QED) is 0.597. The lowest BCUT2D eigenvalue weighted by molar-refractivity contribution is -0.384. The monoisotopic (exact) mass is 248 g/mol. The lowest BCUT2D eigenvalue weighted by Gasteiger charge is -2.06. The van der Waals surface area contributed by atoms with Crippen molar-refractivity contribution in [2.45, 2.75) is 6.42 Å². The second-order valence-corrected chi connectivity index (χ2v) is 3.50. The van der Waals surface area contributed by atoms with E-state index in [2.05, 4.69) is 10.6 Å². The van der Waals surface area contributed by atoms with Crippen LogP contribution in [0.5, 0.6) is 0 Å². The van der Waals surface area contributed by atoms with Gasteiger partial charge in [-0.2, -0.15) is 5.26 Å². The second kappa shape index (κ2) is 6.32. The number of nitro groups is 1. The Morgan fingerprint density at radius 3 is 2.83 bits per heavy atom. The summed E-state index contributed by atoms with van der Waals surface area (Å²) in [6.07, 6.45) is 0.262. The van der Waals surface area contributed by atoms with E-state index >= 15 is 0 Å². The smallest absolute Gasteiger partial charge is 0.270 e. The summed E-state index contributed by atoms with van der Waals surface area (Å²) in [6.45, 7) is 0.515. The number of carbonyl (C=O) groups is 1. The number of nitrogens with zero attached hydrogens (tertiary/aromatic N) is 2. The highest BCUT2D eigenvalue weighted by molar-refractivity contribution is 5.92. The Balaban J connectivity index is 2.87. The third-order valence-corrected chi connectivity index (χ3v) is 2.21. The zero-order valence-electron chi connectivity index (χ0n) is 9.77. The number of anilines is 1. The molecule has 7 nitrogen and oxygen atoms in total. The molecule has 0 aliphatic rings. The first kappa shape index (κ1) is 13.6. The van der Waals surface area contributed by atoms with Crippen molar-refractivity contribution in [2.24, 2.45) is 0 Å². The van der Waals surface area contributed by atoms with Crippen LogP contribution < -0.4 is 10.6 Å². The van der Waals surface area contributed by atoms with Gasteiger partial charge in [-0.15, -0.1) is 0 Å². The van der Waals surface area contributed by atoms with Gasteiger partial charge >= 0.3 is 0 Å². The maximum atomic E-state index is 11.5. The summed E-state index contributed by atoms with van der Waals surface area (Å²) in [7, 11) is 1.72. The maximum absolute atomic E-state index is 11.5. The van der Waals surface area contributed by atoms with E-state index in [-0.39, 0.29) is 29.3 Å². The molecule has 7 heteroatoms. The van der Waals surface area contributed by atoms with Gasteiger partial charge in [0, 0.05) is 25.1 Å². The minimum atomic E-state index is -0.590. The molecule has 94 valence electrons. The van der Waals surface area contributed by atoms with Crippen molar-refractivity contribution in [3.63, 3.8) is 0 Å². The zero-order chi connectivity index (χ0) is 13.5. The molecule has 0 aliphatic heterocycles. The Morgan fingerprint density at radius 2 is 2.28 bits per heavy atom. The van der Waals surface area contributed by atoms with E-state index in [0.29, 0.717) is 6.54 Å². The van der Waals surface area contributed by atoms with Gasteiger partial charge < -0.3 is 10.6 Å². The fourth-order valence-electron chi connectivity index (χ4n) is 1.30. The third kappa shape index (κ3) is 3.54. The molecule has 0 unspecified atom stereocenters. The molecule has 0 aliphatic carbocycles. The maximum Gasteiger partial charge on any atom is 0.270 e. The van der Waals surface area contributed by atoms with Crippen LogP contribution in [0.4, 0.5) is 11.4 Å². The van der Waals surface area contributed by atoms with Gasteiger partial charge in [0.2, 0.25) is 5.91 Å². The average Bonchev–Trinajstić information content (AvgIpc) is 2.36. The summed E-state index contributed by atoms with van der Waals surface area (Å²) in [5.41, 5.74) is 0.172. The lowest BCUT2D eigenvalue weighted by atomic mass is 10.1. The molecule has 1 aromatic rings. The van der Waals surface area contributed by atoms with Crippen LogP contribution in [0.15, 0.2) is 18.2 Å². The molecule has 18 heavy (non-hydrogen) atoms. The Hall–Kier alpha value is -2.46. The molecule has 1 aromatic carbocycles. The van der Waals surface area contributed by atoms with Gasteiger partial charge in [-0.05, 0) is 13.1 Å². The molecular weight excluding hydrogens is 236 g/mol. The summed E-state index contributed by atoms with van der Waals surface area (Å²) in [5.74, 6) is -0.255. The molecule has 1 amide bonds. The Bertz CT molecular complexity index is 508. The van der Waals surface area contributed by atoms with E-state index in [1.165, 1.54) is 12.1 Å². The summed E-state index contributed by atoms with van der Waals surface area (Å²) in [5, 5.41) is 24.8. The van der Waals surface area contributed by atoms with E-state index < -0.39 is 4.92 Å². The fraction of sp³-hybridized carbons (Fsp3) is 0.273. The van der Waals surface area contributed by atoms with Crippen LogP contribution in [0, 0.1) is 21.4 Å². The van der Waals surface area contributed by atoms with Crippen molar-refractivity contribution < 1.29 is 9.72 Å². The van der Waals surface area contributed by atoms with Crippen molar-refractivity contribution in [3.05, 3.63) is 33.9 Å². The first-order chi connectivity index (χ1) is 8.58. The highest BCUT2D eigenvalue weighted by Crippen LogP contribution is 2.21. The summed E-state index contributed by atoms with van der Waals surface area (Å²) >= 11 is 0. The molecule has 2 N–H and O–H groups in total. The van der Waals surface area contributed by atoms with Gasteiger partial charge in [-0.25, -0.2) is 0 Å². The van der Waals surface area contributed by atoms with Gasteiger partial charge in [-0.1, -0.05) is 0 Å². The molecular formula is C11H12N4O3. The Labute approximate surface area is 104 Å². The van der Waals surface area contributed by atoms with E-state index in [1.807, 2.05) is 6.07 Å². The lowest BCUT2D eigenvalue weighted by Crippen LogP contribution is -2.19. The molecule has 0 fully saturated rings. The molecule has 0 saturated carbocycles. The SMILES string of the molecule is CNCCC(=O)Nc1ccc([N+](=O)[O-])cc1C#N. The fourth-order valence-corrected chi connectivity index (χ4v) is 1.30. The van der Waals surface area contributed by atoms with Gasteiger partial charge in [0.1, 0.15) is 6.07 Å². The molecule has 0 aromatic heterocycles. The highest BCUT2D eigenvalue weighted by atomic mass is 16.6. The number of nitro benzene ring substituents is 1. The molecule has 0 atom stereocenters. The Kier molecular flexibility index (Phi) is 4.78. The first-order valence-electron chi connectivity index (χ1n) is 5.21. The van der Waals surface area contributed by atoms with Crippen LogP contribution >= 0.6 is 0 Å². The summed E-state index contributed by atoms with van der Waals surface area (Å²) in [4.78, 5) is 21.4. The van der Waals surface area contributed by atoms with E-state index in [4.69, 9.17) is 5.26 Å². The number of nitriles is 1. The van der Waals surface area contributed by atoms with Crippen LogP contribution in [0.3, 0.4) is 0 Å². The van der Waals surface area contributed by atoms with Gasteiger partial charge in [0.15, 0.2) is 0 Å². The predicted molar refractivity (Wildman–Crippen MR) is 65.0 cm³/mol. The van der Waals surface area contributed by atoms with Crippen LogP contribution in [0.25, 0.3) is 0 Å². The van der Waals surface area contributed by atoms with Gasteiger partial charge in [-0.3, -0.25) is 14.9 Å². The van der Waals surface area contributed by atoms with Crippen LogP contribution in [-0.4, -0.2) is 24.4 Å². The molecule has 0 bridgehead atoms. The first-order valence-corrected chi connectivity index (χ1v) is 5.21. The normalized spacial score (nSPS) is 9.56.